The number of benzene rings is 2. The maximum Gasteiger partial charge on any atom is 0.191 e. The van der Waals surface area contributed by atoms with Crippen LogP contribution in [0.4, 0.5) is 10.1 Å². The lowest BCUT2D eigenvalue weighted by Crippen LogP contribution is -2.37. The van der Waals surface area contributed by atoms with E-state index in [2.05, 4.69) is 40.7 Å². The van der Waals surface area contributed by atoms with E-state index < -0.39 is 0 Å². The Morgan fingerprint density at radius 1 is 1.22 bits per heavy atom. The molecule has 1 atom stereocenters. The maximum absolute atomic E-state index is 14.2. The topological polar surface area (TPSA) is 58.1 Å². The SMILES string of the molecule is CCNC(=NCc1ccc(N(C)C)c(F)c1)NCc1ccc(C)cc1OC1CCOC1.I. The van der Waals surface area contributed by atoms with Crippen molar-refractivity contribution in [1.82, 2.24) is 10.6 Å². The lowest BCUT2D eigenvalue weighted by atomic mass is 10.1. The van der Waals surface area contributed by atoms with E-state index in [1.165, 1.54) is 6.07 Å². The van der Waals surface area contributed by atoms with Crippen LogP contribution in [0.15, 0.2) is 41.4 Å². The molecular formula is C24H34FIN4O2. The number of ether oxygens (including phenoxy) is 2. The van der Waals surface area contributed by atoms with E-state index in [4.69, 9.17) is 9.47 Å². The van der Waals surface area contributed by atoms with Crippen molar-refractivity contribution in [2.75, 3.05) is 38.8 Å². The van der Waals surface area contributed by atoms with Gasteiger partial charge in [-0.15, -0.1) is 24.0 Å². The van der Waals surface area contributed by atoms with Crippen LogP contribution in [0.3, 0.4) is 0 Å². The molecule has 1 unspecified atom stereocenters. The van der Waals surface area contributed by atoms with Crippen LogP contribution in [0.2, 0.25) is 0 Å². The number of hydrogen-bond donors (Lipinski definition) is 2. The Kier molecular flexibility index (Phi) is 10.5. The summed E-state index contributed by atoms with van der Waals surface area (Å²) in [5.41, 5.74) is 3.60. The second kappa shape index (κ2) is 12.8. The third kappa shape index (κ3) is 7.51. The molecule has 2 aromatic carbocycles. The molecule has 0 radical (unpaired) electrons. The molecule has 2 N–H and O–H groups in total. The molecule has 0 saturated carbocycles. The Bertz CT molecular complexity index is 902. The van der Waals surface area contributed by atoms with Crippen molar-refractivity contribution in [3.63, 3.8) is 0 Å². The van der Waals surface area contributed by atoms with Gasteiger partial charge in [-0.3, -0.25) is 0 Å². The lowest BCUT2D eigenvalue weighted by molar-refractivity contribution is 0.140. The second-order valence-electron chi connectivity index (χ2n) is 7.94. The van der Waals surface area contributed by atoms with Gasteiger partial charge in [0.15, 0.2) is 5.96 Å². The largest absolute Gasteiger partial charge is 0.488 e. The number of halogens is 2. The number of nitrogens with zero attached hydrogens (tertiary/aromatic N) is 2. The Morgan fingerprint density at radius 2 is 2.03 bits per heavy atom. The van der Waals surface area contributed by atoms with E-state index in [0.717, 1.165) is 42.0 Å². The minimum atomic E-state index is -0.243. The zero-order chi connectivity index (χ0) is 22.2. The number of aliphatic imine (C=N–C) groups is 1. The molecule has 1 fully saturated rings. The first kappa shape index (κ1) is 26.2. The molecule has 0 aliphatic carbocycles. The fourth-order valence-corrected chi connectivity index (χ4v) is 3.41. The molecule has 1 heterocycles. The standard InChI is InChI=1S/C24H33FN4O2.HI/c1-5-26-24(27-14-18-7-9-22(29(3)4)21(25)13-18)28-15-19-8-6-17(2)12-23(19)31-20-10-11-30-16-20;/h6-9,12-13,20H,5,10-11,14-16H2,1-4H3,(H2,26,27,28);1H. The molecule has 0 spiro atoms. The van der Waals surface area contributed by atoms with Crippen molar-refractivity contribution in [3.05, 3.63) is 58.9 Å². The number of nitrogens with one attached hydrogen (secondary N) is 2. The third-order valence-corrected chi connectivity index (χ3v) is 5.11. The molecular weight excluding hydrogens is 522 g/mol. The Labute approximate surface area is 207 Å². The molecule has 0 aromatic heterocycles. The van der Waals surface area contributed by atoms with Crippen molar-refractivity contribution in [2.45, 2.75) is 39.5 Å². The summed E-state index contributed by atoms with van der Waals surface area (Å²) in [5.74, 6) is 1.31. The van der Waals surface area contributed by atoms with E-state index in [1.54, 1.807) is 11.0 Å². The van der Waals surface area contributed by atoms with Crippen LogP contribution in [0.25, 0.3) is 0 Å². The summed E-state index contributed by atoms with van der Waals surface area (Å²) in [6, 6.07) is 11.4. The first-order valence-electron chi connectivity index (χ1n) is 10.8. The van der Waals surface area contributed by atoms with Crippen molar-refractivity contribution >= 4 is 35.6 Å². The first-order chi connectivity index (χ1) is 15.0. The summed E-state index contributed by atoms with van der Waals surface area (Å²) in [7, 11) is 3.65. The molecule has 176 valence electrons. The van der Waals surface area contributed by atoms with Gasteiger partial charge >= 0.3 is 0 Å². The quantitative estimate of drug-likeness (QED) is 0.290. The summed E-state index contributed by atoms with van der Waals surface area (Å²) >= 11 is 0. The van der Waals surface area contributed by atoms with Crippen LogP contribution < -0.4 is 20.3 Å². The van der Waals surface area contributed by atoms with Crippen LogP contribution in [0, 0.1) is 12.7 Å². The zero-order valence-electron chi connectivity index (χ0n) is 19.3. The van der Waals surface area contributed by atoms with Crippen molar-refractivity contribution in [3.8, 4) is 5.75 Å². The minimum Gasteiger partial charge on any atom is -0.488 e. The highest BCUT2D eigenvalue weighted by Gasteiger charge is 2.18. The summed E-state index contributed by atoms with van der Waals surface area (Å²) in [5, 5.41) is 6.61. The summed E-state index contributed by atoms with van der Waals surface area (Å²) < 4.78 is 25.9. The highest BCUT2D eigenvalue weighted by molar-refractivity contribution is 14.0. The zero-order valence-corrected chi connectivity index (χ0v) is 21.6. The van der Waals surface area contributed by atoms with Gasteiger partial charge in [-0.2, -0.15) is 0 Å². The third-order valence-electron chi connectivity index (χ3n) is 5.11. The number of rotatable bonds is 8. The summed E-state index contributed by atoms with van der Waals surface area (Å²) in [6.07, 6.45) is 1.01. The number of aryl methyl sites for hydroxylation is 1. The van der Waals surface area contributed by atoms with E-state index in [1.807, 2.05) is 27.1 Å². The molecule has 0 amide bonds. The van der Waals surface area contributed by atoms with Crippen molar-refractivity contribution < 1.29 is 13.9 Å². The Morgan fingerprint density at radius 3 is 2.69 bits per heavy atom. The molecule has 32 heavy (non-hydrogen) atoms. The maximum atomic E-state index is 14.2. The van der Waals surface area contributed by atoms with Gasteiger partial charge in [-0.25, -0.2) is 9.38 Å². The van der Waals surface area contributed by atoms with Gasteiger partial charge in [-0.1, -0.05) is 18.2 Å². The van der Waals surface area contributed by atoms with Gasteiger partial charge < -0.3 is 25.0 Å². The number of hydrogen-bond acceptors (Lipinski definition) is 4. The van der Waals surface area contributed by atoms with Crippen LogP contribution in [0.5, 0.6) is 5.75 Å². The van der Waals surface area contributed by atoms with E-state index in [0.29, 0.717) is 31.3 Å². The van der Waals surface area contributed by atoms with Crippen molar-refractivity contribution in [2.24, 2.45) is 4.99 Å². The normalized spacial score (nSPS) is 15.8. The van der Waals surface area contributed by atoms with Crippen LogP contribution in [-0.2, 0) is 17.8 Å². The first-order valence-corrected chi connectivity index (χ1v) is 10.8. The highest BCUT2D eigenvalue weighted by Crippen LogP contribution is 2.24. The van der Waals surface area contributed by atoms with E-state index in [-0.39, 0.29) is 35.9 Å². The molecule has 1 aliphatic heterocycles. The fourth-order valence-electron chi connectivity index (χ4n) is 3.41. The molecule has 8 heteroatoms. The fraction of sp³-hybridized carbons (Fsp3) is 0.458. The van der Waals surface area contributed by atoms with E-state index >= 15 is 0 Å². The predicted octanol–water partition coefficient (Wildman–Crippen LogP) is 4.24. The van der Waals surface area contributed by atoms with Crippen LogP contribution >= 0.6 is 24.0 Å². The number of anilines is 1. The van der Waals surface area contributed by atoms with E-state index in [9.17, 15) is 4.39 Å². The van der Waals surface area contributed by atoms with Crippen LogP contribution in [-0.4, -0.2) is 45.9 Å². The van der Waals surface area contributed by atoms with Gasteiger partial charge in [-0.05, 0) is 43.2 Å². The monoisotopic (exact) mass is 556 g/mol. The second-order valence-corrected chi connectivity index (χ2v) is 7.94. The Balaban J connectivity index is 0.00000363. The van der Waals surface area contributed by atoms with Crippen LogP contribution in [0.1, 0.15) is 30.0 Å². The molecule has 2 aromatic rings. The smallest absolute Gasteiger partial charge is 0.191 e. The lowest BCUT2D eigenvalue weighted by Gasteiger charge is -2.18. The molecule has 3 rings (SSSR count). The van der Waals surface area contributed by atoms with Gasteiger partial charge in [0, 0.05) is 39.2 Å². The van der Waals surface area contributed by atoms with Gasteiger partial charge in [0.05, 0.1) is 25.4 Å². The average molecular weight is 556 g/mol. The Hall–Kier alpha value is -2.07. The highest BCUT2D eigenvalue weighted by atomic mass is 127. The summed E-state index contributed by atoms with van der Waals surface area (Å²) in [4.78, 5) is 6.38. The van der Waals surface area contributed by atoms with Crippen molar-refractivity contribution in [1.29, 1.82) is 0 Å². The average Bonchev–Trinajstić information content (AvgIpc) is 3.24. The predicted molar refractivity (Wildman–Crippen MR) is 139 cm³/mol. The minimum absolute atomic E-state index is 0. The van der Waals surface area contributed by atoms with Gasteiger partial charge in [0.1, 0.15) is 17.7 Å². The number of guanidine groups is 1. The molecule has 1 aliphatic rings. The van der Waals surface area contributed by atoms with Gasteiger partial charge in [0.25, 0.3) is 0 Å². The molecule has 0 bridgehead atoms. The summed E-state index contributed by atoms with van der Waals surface area (Å²) in [6.45, 7) is 7.15. The molecule has 6 nitrogen and oxygen atoms in total. The molecule has 1 saturated heterocycles. The van der Waals surface area contributed by atoms with Gasteiger partial charge in [0.2, 0.25) is 0 Å².